The molecule has 1 heterocycles. The number of ether oxygens (including phenoxy) is 2. The van der Waals surface area contributed by atoms with Crippen LogP contribution in [0.3, 0.4) is 0 Å². The zero-order valence-corrected chi connectivity index (χ0v) is 17.9. The van der Waals surface area contributed by atoms with Crippen molar-refractivity contribution in [2.75, 3.05) is 13.7 Å². The average Bonchev–Trinajstić information content (AvgIpc) is 2.98. The summed E-state index contributed by atoms with van der Waals surface area (Å²) in [7, 11) is 1.77. The lowest BCUT2D eigenvalue weighted by Crippen LogP contribution is -2.46. The first-order valence-corrected chi connectivity index (χ1v) is 10.1. The van der Waals surface area contributed by atoms with Crippen LogP contribution in [0.15, 0.2) is 54.6 Å². The molecule has 2 aromatic rings. The number of carboxylic acid groups (broad SMARTS) is 1. The van der Waals surface area contributed by atoms with E-state index < -0.39 is 23.8 Å². The van der Waals surface area contributed by atoms with Crippen molar-refractivity contribution in [1.29, 1.82) is 0 Å². The van der Waals surface area contributed by atoms with Crippen molar-refractivity contribution >= 4 is 11.8 Å². The summed E-state index contributed by atoms with van der Waals surface area (Å²) >= 11 is 0. The molecule has 160 valence electrons. The van der Waals surface area contributed by atoms with E-state index in [-0.39, 0.29) is 11.7 Å². The molecule has 0 amide bonds. The van der Waals surface area contributed by atoms with Gasteiger partial charge in [0.1, 0.15) is 11.8 Å². The highest BCUT2D eigenvalue weighted by Crippen LogP contribution is 2.34. The van der Waals surface area contributed by atoms with Gasteiger partial charge < -0.3 is 14.6 Å². The number of benzene rings is 2. The molecular formula is C24H29NO5. The van der Waals surface area contributed by atoms with Gasteiger partial charge in [0, 0.05) is 17.0 Å². The molecule has 1 N–H and O–H groups in total. The number of ketones is 1. The second-order valence-electron chi connectivity index (χ2n) is 8.31. The lowest BCUT2D eigenvalue weighted by atomic mass is 9.98. The molecule has 1 aliphatic rings. The van der Waals surface area contributed by atoms with Crippen LogP contribution in [0.2, 0.25) is 0 Å². The van der Waals surface area contributed by atoms with Crippen LogP contribution in [0.1, 0.15) is 42.3 Å². The number of carbonyl (C=O) groups is 2. The quantitative estimate of drug-likeness (QED) is 0.669. The third kappa shape index (κ3) is 4.78. The van der Waals surface area contributed by atoms with Crippen molar-refractivity contribution in [3.05, 3.63) is 71.3 Å². The van der Waals surface area contributed by atoms with Gasteiger partial charge >= 0.3 is 5.97 Å². The summed E-state index contributed by atoms with van der Waals surface area (Å²) < 4.78 is 11.8. The molecule has 3 atom stereocenters. The summed E-state index contributed by atoms with van der Waals surface area (Å²) in [6.45, 7) is 6.44. The topological polar surface area (TPSA) is 76.1 Å². The number of aliphatic carboxylic acids is 1. The minimum Gasteiger partial charge on any atom is -0.480 e. The molecule has 0 saturated carbocycles. The lowest BCUT2D eigenvalue weighted by Gasteiger charge is -2.27. The first-order valence-electron chi connectivity index (χ1n) is 10.1. The molecule has 0 bridgehead atoms. The standard InChI is InChI=1S/C24H29NO5/c1-16(22-20(23(27)28)25(4)24(2,3)30-22)14-29-15-17-10-12-19(13-11-17)21(26)18-8-6-5-7-9-18/h5-13,16,20,22H,14-15H2,1-4H3,(H,27,28)/t16-,20+,22-/m1/s1. The smallest absolute Gasteiger partial charge is 0.323 e. The Morgan fingerprint density at radius 1 is 1.10 bits per heavy atom. The molecule has 3 rings (SSSR count). The number of carboxylic acids is 1. The number of likely N-dealkylation sites (N-methyl/N-ethyl adjacent to an activating group) is 1. The van der Waals surface area contributed by atoms with Crippen molar-refractivity contribution in [1.82, 2.24) is 4.90 Å². The zero-order chi connectivity index (χ0) is 21.9. The second-order valence-corrected chi connectivity index (χ2v) is 8.31. The highest BCUT2D eigenvalue weighted by molar-refractivity contribution is 6.08. The van der Waals surface area contributed by atoms with Gasteiger partial charge in [-0.1, -0.05) is 61.5 Å². The van der Waals surface area contributed by atoms with Gasteiger partial charge in [-0.05, 0) is 26.5 Å². The van der Waals surface area contributed by atoms with E-state index in [1.165, 1.54) is 0 Å². The number of rotatable bonds is 8. The monoisotopic (exact) mass is 411 g/mol. The van der Waals surface area contributed by atoms with Gasteiger partial charge in [0.15, 0.2) is 5.78 Å². The van der Waals surface area contributed by atoms with Crippen molar-refractivity contribution in [2.45, 2.75) is 45.2 Å². The number of carbonyl (C=O) groups excluding carboxylic acids is 1. The van der Waals surface area contributed by atoms with Gasteiger partial charge in [-0.15, -0.1) is 0 Å². The molecule has 0 radical (unpaired) electrons. The molecule has 1 saturated heterocycles. The maximum absolute atomic E-state index is 12.5. The van der Waals surface area contributed by atoms with Crippen LogP contribution in [0.5, 0.6) is 0 Å². The van der Waals surface area contributed by atoms with Crippen LogP contribution in [0, 0.1) is 5.92 Å². The molecular weight excluding hydrogens is 382 g/mol. The minimum atomic E-state index is -0.890. The Labute approximate surface area is 177 Å². The molecule has 0 unspecified atom stereocenters. The van der Waals surface area contributed by atoms with E-state index >= 15 is 0 Å². The second kappa shape index (κ2) is 9.08. The van der Waals surface area contributed by atoms with Gasteiger partial charge in [-0.2, -0.15) is 0 Å². The molecule has 0 aromatic heterocycles. The lowest BCUT2D eigenvalue weighted by molar-refractivity contribution is -0.143. The Bertz CT molecular complexity index is 878. The van der Waals surface area contributed by atoms with Crippen LogP contribution < -0.4 is 0 Å². The number of hydrogen-bond donors (Lipinski definition) is 1. The summed E-state index contributed by atoms with van der Waals surface area (Å²) in [5.41, 5.74) is 1.61. The van der Waals surface area contributed by atoms with Gasteiger partial charge in [-0.3, -0.25) is 14.5 Å². The maximum Gasteiger partial charge on any atom is 0.323 e. The maximum atomic E-state index is 12.5. The van der Waals surface area contributed by atoms with Crippen molar-refractivity contribution in [2.24, 2.45) is 5.92 Å². The largest absolute Gasteiger partial charge is 0.480 e. The normalized spacial score (nSPS) is 22.0. The Hall–Kier alpha value is -2.54. The van der Waals surface area contributed by atoms with E-state index in [1.807, 2.05) is 51.1 Å². The minimum absolute atomic E-state index is 0.0125. The fourth-order valence-corrected chi connectivity index (χ4v) is 3.74. The molecule has 1 fully saturated rings. The van der Waals surface area contributed by atoms with Crippen LogP contribution >= 0.6 is 0 Å². The third-order valence-corrected chi connectivity index (χ3v) is 5.72. The van der Waals surface area contributed by atoms with E-state index in [4.69, 9.17) is 9.47 Å². The first-order chi connectivity index (χ1) is 14.2. The molecule has 0 spiro atoms. The third-order valence-electron chi connectivity index (χ3n) is 5.72. The molecule has 1 aliphatic heterocycles. The van der Waals surface area contributed by atoms with Crippen LogP contribution in [0.4, 0.5) is 0 Å². The SMILES string of the molecule is C[C@H](COCc1ccc(C(=O)c2ccccc2)cc1)[C@H]1OC(C)(C)N(C)[C@@H]1C(=O)O. The molecule has 2 aromatic carbocycles. The number of hydrogen-bond acceptors (Lipinski definition) is 5. The fraction of sp³-hybridized carbons (Fsp3) is 0.417. The van der Waals surface area contributed by atoms with Crippen LogP contribution in [-0.4, -0.2) is 53.3 Å². The Morgan fingerprint density at radius 3 is 2.30 bits per heavy atom. The average molecular weight is 411 g/mol. The molecule has 0 aliphatic carbocycles. The predicted octanol–water partition coefficient (Wildman–Crippen LogP) is 3.59. The van der Waals surface area contributed by atoms with Gasteiger partial charge in [0.2, 0.25) is 0 Å². The highest BCUT2D eigenvalue weighted by Gasteiger charge is 2.50. The van der Waals surface area contributed by atoms with Gasteiger partial charge in [0.05, 0.1) is 19.3 Å². The van der Waals surface area contributed by atoms with Crippen molar-refractivity contribution < 1.29 is 24.2 Å². The summed E-state index contributed by atoms with van der Waals surface area (Å²) in [4.78, 5) is 25.9. The van der Waals surface area contributed by atoms with E-state index in [0.29, 0.717) is 24.3 Å². The van der Waals surface area contributed by atoms with Crippen molar-refractivity contribution in [3.63, 3.8) is 0 Å². The Balaban J connectivity index is 1.55. The summed E-state index contributed by atoms with van der Waals surface area (Å²) in [6.07, 6.45) is -0.451. The Morgan fingerprint density at radius 2 is 1.70 bits per heavy atom. The van der Waals surface area contributed by atoms with E-state index in [9.17, 15) is 14.7 Å². The first kappa shape index (κ1) is 22.2. The van der Waals surface area contributed by atoms with E-state index in [2.05, 4.69) is 0 Å². The summed E-state index contributed by atoms with van der Waals surface area (Å²) in [6, 6.07) is 15.8. The summed E-state index contributed by atoms with van der Waals surface area (Å²) in [5, 5.41) is 9.60. The van der Waals surface area contributed by atoms with Gasteiger partial charge in [-0.25, -0.2) is 0 Å². The van der Waals surface area contributed by atoms with Crippen LogP contribution in [-0.2, 0) is 20.9 Å². The van der Waals surface area contributed by atoms with E-state index in [1.54, 1.807) is 36.2 Å². The fourth-order valence-electron chi connectivity index (χ4n) is 3.74. The molecule has 30 heavy (non-hydrogen) atoms. The zero-order valence-electron chi connectivity index (χ0n) is 17.9. The number of nitrogens with zero attached hydrogens (tertiary/aromatic N) is 1. The predicted molar refractivity (Wildman–Crippen MR) is 113 cm³/mol. The van der Waals surface area contributed by atoms with Gasteiger partial charge in [0.25, 0.3) is 0 Å². The van der Waals surface area contributed by atoms with Crippen LogP contribution in [0.25, 0.3) is 0 Å². The Kier molecular flexibility index (Phi) is 6.71. The molecule has 6 heteroatoms. The summed E-state index contributed by atoms with van der Waals surface area (Å²) in [5.74, 6) is -0.991. The van der Waals surface area contributed by atoms with Crippen molar-refractivity contribution in [3.8, 4) is 0 Å². The van der Waals surface area contributed by atoms with E-state index in [0.717, 1.165) is 5.56 Å². The molecule has 6 nitrogen and oxygen atoms in total. The highest BCUT2D eigenvalue weighted by atomic mass is 16.5.